The van der Waals surface area contributed by atoms with Crippen LogP contribution in [0.15, 0.2) is 30.3 Å². The Morgan fingerprint density at radius 2 is 1.74 bits per heavy atom. The van der Waals surface area contributed by atoms with Crippen molar-refractivity contribution < 1.29 is 23.9 Å². The zero-order valence-electron chi connectivity index (χ0n) is 13.7. The summed E-state index contributed by atoms with van der Waals surface area (Å²) in [6.45, 7) is 6.29. The van der Waals surface area contributed by atoms with Crippen LogP contribution >= 0.6 is 0 Å². The van der Waals surface area contributed by atoms with Gasteiger partial charge >= 0.3 is 12.0 Å². The molecule has 0 fully saturated rings. The van der Waals surface area contributed by atoms with Gasteiger partial charge in [0.25, 0.3) is 5.91 Å². The van der Waals surface area contributed by atoms with Crippen LogP contribution in [0.3, 0.4) is 0 Å². The van der Waals surface area contributed by atoms with Crippen molar-refractivity contribution in [2.24, 2.45) is 0 Å². The average molecular weight is 322 g/mol. The molecule has 1 aromatic carbocycles. The number of carbonyl (C=O) groups excluding carboxylic acids is 3. The molecule has 0 aliphatic heterocycles. The fourth-order valence-electron chi connectivity index (χ4n) is 1.54. The van der Waals surface area contributed by atoms with Crippen molar-refractivity contribution in [3.63, 3.8) is 0 Å². The first-order chi connectivity index (χ1) is 10.7. The van der Waals surface area contributed by atoms with E-state index in [1.165, 1.54) is 6.92 Å². The van der Waals surface area contributed by atoms with Crippen molar-refractivity contribution in [3.05, 3.63) is 30.3 Å². The van der Waals surface area contributed by atoms with Crippen LogP contribution in [0, 0.1) is 0 Å². The third-order valence-corrected chi connectivity index (χ3v) is 2.47. The normalized spacial score (nSPS) is 12.0. The fourth-order valence-corrected chi connectivity index (χ4v) is 1.54. The number of para-hydroxylation sites is 1. The number of benzene rings is 1. The van der Waals surface area contributed by atoms with E-state index in [1.54, 1.807) is 45.0 Å². The maximum atomic E-state index is 11.7. The number of hydrogen-bond donors (Lipinski definition) is 2. The van der Waals surface area contributed by atoms with E-state index in [4.69, 9.17) is 9.47 Å². The molecule has 0 saturated heterocycles. The Morgan fingerprint density at radius 3 is 2.30 bits per heavy atom. The Labute approximate surface area is 135 Å². The molecule has 23 heavy (non-hydrogen) atoms. The second-order valence-electron chi connectivity index (χ2n) is 5.93. The van der Waals surface area contributed by atoms with Crippen molar-refractivity contribution in [1.82, 2.24) is 10.6 Å². The second-order valence-corrected chi connectivity index (χ2v) is 5.93. The summed E-state index contributed by atoms with van der Waals surface area (Å²) in [7, 11) is 0. The summed E-state index contributed by atoms with van der Waals surface area (Å²) in [5.74, 6) is -0.891. The molecule has 0 heterocycles. The van der Waals surface area contributed by atoms with Crippen LogP contribution in [0.4, 0.5) is 4.79 Å². The van der Waals surface area contributed by atoms with Gasteiger partial charge < -0.3 is 14.8 Å². The molecule has 7 heteroatoms. The Morgan fingerprint density at radius 1 is 1.13 bits per heavy atom. The lowest BCUT2D eigenvalue weighted by Crippen LogP contribution is -2.49. The van der Waals surface area contributed by atoms with Gasteiger partial charge in [-0.1, -0.05) is 18.2 Å². The van der Waals surface area contributed by atoms with Crippen molar-refractivity contribution in [2.45, 2.75) is 39.3 Å². The highest BCUT2D eigenvalue weighted by Crippen LogP contribution is 2.11. The minimum atomic E-state index is -0.867. The van der Waals surface area contributed by atoms with Crippen LogP contribution in [-0.2, 0) is 14.3 Å². The van der Waals surface area contributed by atoms with Crippen LogP contribution in [0.2, 0.25) is 0 Å². The lowest BCUT2D eigenvalue weighted by atomic mass is 10.1. The Hall–Kier alpha value is -2.57. The smallest absolute Gasteiger partial charge is 0.347 e. The Kier molecular flexibility index (Phi) is 6.56. The first-order valence-corrected chi connectivity index (χ1v) is 7.18. The summed E-state index contributed by atoms with van der Waals surface area (Å²) in [5.41, 5.74) is -0.473. The maximum Gasteiger partial charge on any atom is 0.347 e. The molecule has 0 saturated carbocycles. The Balaban J connectivity index is 2.34. The van der Waals surface area contributed by atoms with Crippen LogP contribution < -0.4 is 15.4 Å². The van der Waals surface area contributed by atoms with Gasteiger partial charge in [0, 0.05) is 5.54 Å². The monoisotopic (exact) mass is 322 g/mol. The van der Waals surface area contributed by atoms with Crippen LogP contribution in [0.1, 0.15) is 27.7 Å². The summed E-state index contributed by atoms with van der Waals surface area (Å²) >= 11 is 0. The summed E-state index contributed by atoms with van der Waals surface area (Å²) in [6, 6.07) is 8.12. The zero-order chi connectivity index (χ0) is 17.5. The van der Waals surface area contributed by atoms with E-state index >= 15 is 0 Å². The van der Waals surface area contributed by atoms with Gasteiger partial charge in [-0.15, -0.1) is 0 Å². The number of hydrogen-bond acceptors (Lipinski definition) is 5. The lowest BCUT2D eigenvalue weighted by Gasteiger charge is -2.20. The highest BCUT2D eigenvalue weighted by molar-refractivity contribution is 5.95. The van der Waals surface area contributed by atoms with Crippen LogP contribution in [-0.4, -0.2) is 36.2 Å². The minimum Gasteiger partial charge on any atom is -0.479 e. The largest absolute Gasteiger partial charge is 0.479 e. The number of nitrogens with one attached hydrogen (secondary N) is 2. The molecule has 0 spiro atoms. The maximum absolute atomic E-state index is 11.7. The van der Waals surface area contributed by atoms with Crippen LogP contribution in [0.5, 0.6) is 5.75 Å². The van der Waals surface area contributed by atoms with Crippen molar-refractivity contribution in [1.29, 1.82) is 0 Å². The van der Waals surface area contributed by atoms with Crippen molar-refractivity contribution in [2.75, 3.05) is 6.61 Å². The van der Waals surface area contributed by atoms with Gasteiger partial charge in [-0.05, 0) is 39.8 Å². The number of imide groups is 1. The summed E-state index contributed by atoms with van der Waals surface area (Å²) in [6.07, 6.45) is -0.867. The lowest BCUT2D eigenvalue weighted by molar-refractivity contribution is -0.154. The molecule has 3 amide bonds. The quantitative estimate of drug-likeness (QED) is 0.804. The van der Waals surface area contributed by atoms with Gasteiger partial charge in [0.2, 0.25) is 0 Å². The number of esters is 1. The van der Waals surface area contributed by atoms with E-state index in [1.807, 2.05) is 6.07 Å². The summed E-state index contributed by atoms with van der Waals surface area (Å²) in [4.78, 5) is 34.8. The van der Waals surface area contributed by atoms with Gasteiger partial charge in [-0.3, -0.25) is 10.1 Å². The fraction of sp³-hybridized carbons (Fsp3) is 0.438. The standard InChI is InChI=1S/C16H22N2O5/c1-11(23-12-8-6-5-7-9-12)14(20)22-10-13(19)17-15(21)18-16(2,3)4/h5-9,11H,10H2,1-4H3,(H2,17,18,19,21)/t11-/m0/s1. The van der Waals surface area contributed by atoms with E-state index in [0.29, 0.717) is 5.75 Å². The SMILES string of the molecule is C[C@H](Oc1ccccc1)C(=O)OCC(=O)NC(=O)NC(C)(C)C. The predicted octanol–water partition coefficient (Wildman–Crippen LogP) is 1.62. The van der Waals surface area contributed by atoms with Gasteiger partial charge in [0.1, 0.15) is 5.75 Å². The van der Waals surface area contributed by atoms with Gasteiger partial charge in [0.15, 0.2) is 12.7 Å². The van der Waals surface area contributed by atoms with E-state index in [9.17, 15) is 14.4 Å². The van der Waals surface area contributed by atoms with E-state index in [2.05, 4.69) is 10.6 Å². The first kappa shape index (κ1) is 18.5. The number of urea groups is 1. The molecule has 7 nitrogen and oxygen atoms in total. The van der Waals surface area contributed by atoms with Gasteiger partial charge in [-0.25, -0.2) is 9.59 Å². The van der Waals surface area contributed by atoms with E-state index < -0.39 is 36.2 Å². The molecule has 1 atom stereocenters. The van der Waals surface area contributed by atoms with Gasteiger partial charge in [-0.2, -0.15) is 0 Å². The molecule has 126 valence electrons. The first-order valence-electron chi connectivity index (χ1n) is 7.18. The highest BCUT2D eigenvalue weighted by atomic mass is 16.6. The van der Waals surface area contributed by atoms with Crippen molar-refractivity contribution in [3.8, 4) is 5.75 Å². The molecule has 2 N–H and O–H groups in total. The average Bonchev–Trinajstić information content (AvgIpc) is 2.43. The summed E-state index contributed by atoms with van der Waals surface area (Å²) < 4.78 is 10.2. The Bertz CT molecular complexity index is 551. The van der Waals surface area contributed by atoms with Crippen LogP contribution in [0.25, 0.3) is 0 Å². The van der Waals surface area contributed by atoms with Gasteiger partial charge in [0.05, 0.1) is 0 Å². The topological polar surface area (TPSA) is 93.7 Å². The molecule has 0 aliphatic carbocycles. The number of ether oxygens (including phenoxy) is 2. The van der Waals surface area contributed by atoms with Crippen molar-refractivity contribution >= 4 is 17.9 Å². The second kappa shape index (κ2) is 8.17. The number of rotatable bonds is 5. The molecule has 1 rings (SSSR count). The number of carbonyl (C=O) groups is 3. The molecular formula is C16H22N2O5. The zero-order valence-corrected chi connectivity index (χ0v) is 13.7. The molecule has 0 aliphatic rings. The molecule has 1 aromatic rings. The molecule has 0 unspecified atom stereocenters. The molecule has 0 aromatic heterocycles. The minimum absolute atomic E-state index is 0.473. The number of amides is 3. The highest BCUT2D eigenvalue weighted by Gasteiger charge is 2.19. The van der Waals surface area contributed by atoms with E-state index in [0.717, 1.165) is 0 Å². The third-order valence-electron chi connectivity index (χ3n) is 2.47. The molecular weight excluding hydrogens is 300 g/mol. The van der Waals surface area contributed by atoms with E-state index in [-0.39, 0.29) is 0 Å². The summed E-state index contributed by atoms with van der Waals surface area (Å²) in [5, 5.41) is 4.63. The predicted molar refractivity (Wildman–Crippen MR) is 83.9 cm³/mol. The molecule has 0 radical (unpaired) electrons. The molecule has 0 bridgehead atoms. The third kappa shape index (κ3) is 7.85.